The van der Waals surface area contributed by atoms with Crippen molar-refractivity contribution in [2.24, 2.45) is 0 Å². The highest BCUT2D eigenvalue weighted by atomic mass is 32.2. The van der Waals surface area contributed by atoms with Crippen molar-refractivity contribution in [2.45, 2.75) is 33.2 Å². The topological polar surface area (TPSA) is 60.3 Å². The van der Waals surface area contributed by atoms with Crippen LogP contribution in [0.15, 0.2) is 42.1 Å². The summed E-state index contributed by atoms with van der Waals surface area (Å²) in [7, 11) is -3.22. The van der Waals surface area contributed by atoms with E-state index in [4.69, 9.17) is 4.74 Å². The fourth-order valence-corrected chi connectivity index (χ4v) is 3.92. The maximum absolute atomic E-state index is 11.4. The van der Waals surface area contributed by atoms with E-state index in [1.54, 1.807) is 0 Å². The predicted octanol–water partition coefficient (Wildman–Crippen LogP) is 3.67. The van der Waals surface area contributed by atoms with Crippen molar-refractivity contribution in [3.8, 4) is 5.75 Å². The summed E-state index contributed by atoms with van der Waals surface area (Å²) >= 11 is 0. The van der Waals surface area contributed by atoms with Crippen molar-refractivity contribution in [1.29, 1.82) is 0 Å². The molecule has 25 heavy (non-hydrogen) atoms. The summed E-state index contributed by atoms with van der Waals surface area (Å²) in [5.41, 5.74) is 4.30. The van der Waals surface area contributed by atoms with E-state index in [2.05, 4.69) is 34.4 Å². The molecule has 1 heterocycles. The molecule has 6 heteroatoms. The quantitative estimate of drug-likeness (QED) is 0.855. The Balaban J connectivity index is 1.98. The van der Waals surface area contributed by atoms with Gasteiger partial charge in [0, 0.05) is 29.4 Å². The van der Waals surface area contributed by atoms with Crippen LogP contribution in [-0.2, 0) is 16.6 Å². The molecule has 0 spiro atoms. The minimum atomic E-state index is -3.22. The second-order valence-electron chi connectivity index (χ2n) is 6.19. The van der Waals surface area contributed by atoms with E-state index in [0.29, 0.717) is 13.0 Å². The lowest BCUT2D eigenvalue weighted by Crippen LogP contribution is -2.22. The van der Waals surface area contributed by atoms with Crippen molar-refractivity contribution in [1.82, 2.24) is 9.29 Å². The number of ether oxygens (including phenoxy) is 1. The average molecular weight is 360 g/mol. The molecule has 0 aliphatic heterocycles. The van der Waals surface area contributed by atoms with Crippen LogP contribution in [-0.4, -0.2) is 25.8 Å². The summed E-state index contributed by atoms with van der Waals surface area (Å²) in [4.78, 5) is 0. The van der Waals surface area contributed by atoms with Gasteiger partial charge in [-0.1, -0.05) is 6.08 Å². The van der Waals surface area contributed by atoms with Gasteiger partial charge < -0.3 is 9.30 Å². The van der Waals surface area contributed by atoms with Gasteiger partial charge >= 0.3 is 0 Å². The Morgan fingerprint density at radius 2 is 1.96 bits per heavy atom. The number of benzene rings is 1. The van der Waals surface area contributed by atoms with Crippen LogP contribution in [0.2, 0.25) is 0 Å². The second-order valence-corrected chi connectivity index (χ2v) is 7.93. The number of sulfonamides is 1. The molecule has 2 aromatic rings. The number of aryl methyl sites for hydroxylation is 1. The van der Waals surface area contributed by atoms with Crippen molar-refractivity contribution in [3.05, 3.63) is 47.8 Å². The van der Waals surface area contributed by atoms with Crippen LogP contribution in [0.4, 0.5) is 0 Å². The number of hydrogen-bond acceptors (Lipinski definition) is 3. The van der Waals surface area contributed by atoms with Gasteiger partial charge in [-0.05, 0) is 56.5 Å². The normalized spacial score (nSPS) is 15.0. The van der Waals surface area contributed by atoms with E-state index < -0.39 is 10.0 Å². The molecule has 1 aromatic carbocycles. The fraction of sp³-hybridized carbons (Fsp3) is 0.368. The Morgan fingerprint density at radius 1 is 1.16 bits per heavy atom. The molecule has 1 aliphatic rings. The van der Waals surface area contributed by atoms with Crippen LogP contribution in [0.1, 0.15) is 32.4 Å². The number of nitrogens with zero attached hydrogens (tertiary/aromatic N) is 1. The Kier molecular flexibility index (Phi) is 4.90. The van der Waals surface area contributed by atoms with Crippen LogP contribution in [0.5, 0.6) is 5.75 Å². The standard InChI is InChI=1S/C19H24N2O3S/c1-4-21-18(12-15-8-11-17(24-5-2)13-19(15)21)14-6-9-16(10-7-14)20-25(3,22)23/h6,8-9,11-13,20H,4-5,7,10H2,1-3H3. The highest BCUT2D eigenvalue weighted by Gasteiger charge is 2.16. The lowest BCUT2D eigenvalue weighted by molar-refractivity contribution is 0.340. The molecule has 3 rings (SSSR count). The largest absolute Gasteiger partial charge is 0.494 e. The fourth-order valence-electron chi connectivity index (χ4n) is 3.27. The number of rotatable bonds is 6. The van der Waals surface area contributed by atoms with E-state index in [0.717, 1.165) is 29.9 Å². The molecule has 0 unspecified atom stereocenters. The van der Waals surface area contributed by atoms with Gasteiger partial charge in [-0.15, -0.1) is 0 Å². The molecule has 0 atom stereocenters. The Morgan fingerprint density at radius 3 is 2.56 bits per heavy atom. The van der Waals surface area contributed by atoms with E-state index in [-0.39, 0.29) is 0 Å². The van der Waals surface area contributed by atoms with Crippen molar-refractivity contribution in [2.75, 3.05) is 12.9 Å². The summed E-state index contributed by atoms with van der Waals surface area (Å²) in [6.45, 7) is 5.63. The van der Waals surface area contributed by atoms with Gasteiger partial charge in [-0.2, -0.15) is 0 Å². The molecule has 1 aliphatic carbocycles. The lowest BCUT2D eigenvalue weighted by atomic mass is 10.00. The van der Waals surface area contributed by atoms with Crippen molar-refractivity contribution >= 4 is 26.5 Å². The second kappa shape index (κ2) is 6.96. The number of nitrogens with one attached hydrogen (secondary N) is 1. The van der Waals surface area contributed by atoms with Gasteiger partial charge in [-0.3, -0.25) is 4.72 Å². The molecule has 0 saturated carbocycles. The van der Waals surface area contributed by atoms with E-state index >= 15 is 0 Å². The molecule has 0 bridgehead atoms. The number of hydrogen-bond donors (Lipinski definition) is 1. The zero-order valence-electron chi connectivity index (χ0n) is 14.9. The third kappa shape index (κ3) is 3.90. The molecule has 0 amide bonds. The molecule has 0 fully saturated rings. The minimum absolute atomic E-state index is 0.650. The maximum atomic E-state index is 11.4. The van der Waals surface area contributed by atoms with Crippen LogP contribution < -0.4 is 9.46 Å². The van der Waals surface area contributed by atoms with Gasteiger partial charge in [-0.25, -0.2) is 8.42 Å². The Bertz CT molecular complexity index is 952. The lowest BCUT2D eigenvalue weighted by Gasteiger charge is -2.17. The summed E-state index contributed by atoms with van der Waals surface area (Å²) < 4.78 is 33.2. The first-order valence-corrected chi connectivity index (χ1v) is 10.4. The van der Waals surface area contributed by atoms with E-state index in [1.807, 2.05) is 25.1 Å². The van der Waals surface area contributed by atoms with Gasteiger partial charge in [0.15, 0.2) is 0 Å². The van der Waals surface area contributed by atoms with Crippen LogP contribution in [0, 0.1) is 0 Å². The van der Waals surface area contributed by atoms with Gasteiger partial charge in [0.1, 0.15) is 5.75 Å². The van der Waals surface area contributed by atoms with E-state index in [9.17, 15) is 8.42 Å². The Hall–Kier alpha value is -2.21. The summed E-state index contributed by atoms with van der Waals surface area (Å²) in [6.07, 6.45) is 6.55. The molecule has 1 N–H and O–H groups in total. The highest BCUT2D eigenvalue weighted by Crippen LogP contribution is 2.32. The number of allylic oxidation sites excluding steroid dienone is 4. The van der Waals surface area contributed by atoms with Crippen molar-refractivity contribution in [3.63, 3.8) is 0 Å². The molecular formula is C19H24N2O3S. The first-order chi connectivity index (χ1) is 11.9. The molecule has 5 nitrogen and oxygen atoms in total. The maximum Gasteiger partial charge on any atom is 0.229 e. The monoisotopic (exact) mass is 360 g/mol. The zero-order valence-corrected chi connectivity index (χ0v) is 15.7. The first-order valence-electron chi connectivity index (χ1n) is 8.55. The van der Waals surface area contributed by atoms with Crippen molar-refractivity contribution < 1.29 is 13.2 Å². The van der Waals surface area contributed by atoms with Gasteiger partial charge in [0.2, 0.25) is 10.0 Å². The smallest absolute Gasteiger partial charge is 0.229 e. The SMILES string of the molecule is CCOc1ccc2cc(C3=CC=C(NS(C)(=O)=O)CC3)n(CC)c2c1. The molecule has 1 aromatic heterocycles. The third-order valence-corrected chi connectivity index (χ3v) is 4.93. The molecule has 0 saturated heterocycles. The Labute approximate surface area is 149 Å². The zero-order chi connectivity index (χ0) is 18.0. The summed E-state index contributed by atoms with van der Waals surface area (Å²) in [5, 5.41) is 1.19. The highest BCUT2D eigenvalue weighted by molar-refractivity contribution is 7.88. The molecule has 134 valence electrons. The molecule has 0 radical (unpaired) electrons. The summed E-state index contributed by atoms with van der Waals surface area (Å²) in [5.74, 6) is 0.881. The third-order valence-electron chi connectivity index (χ3n) is 4.30. The predicted molar refractivity (Wildman–Crippen MR) is 102 cm³/mol. The van der Waals surface area contributed by atoms with Crippen LogP contribution in [0.25, 0.3) is 16.5 Å². The van der Waals surface area contributed by atoms with Gasteiger partial charge in [0.05, 0.1) is 18.4 Å². The number of aromatic nitrogens is 1. The summed E-state index contributed by atoms with van der Waals surface area (Å²) in [6, 6.07) is 8.37. The molecular weight excluding hydrogens is 336 g/mol. The van der Waals surface area contributed by atoms with Crippen LogP contribution in [0.3, 0.4) is 0 Å². The van der Waals surface area contributed by atoms with Gasteiger partial charge in [0.25, 0.3) is 0 Å². The average Bonchev–Trinajstić information content (AvgIpc) is 2.92. The van der Waals surface area contributed by atoms with E-state index in [1.165, 1.54) is 22.9 Å². The van der Waals surface area contributed by atoms with Crippen LogP contribution >= 0.6 is 0 Å². The number of fused-ring (bicyclic) bond motifs is 1. The first kappa shape index (κ1) is 17.6. The minimum Gasteiger partial charge on any atom is -0.494 e.